The van der Waals surface area contributed by atoms with E-state index >= 15 is 0 Å². The minimum atomic E-state index is -0.508. The minimum Gasteiger partial charge on any atom is -0.479 e. The molecule has 0 radical (unpaired) electrons. The van der Waals surface area contributed by atoms with Crippen LogP contribution in [0.5, 0.6) is 5.75 Å². The molecule has 4 rings (SSSR count). The number of anilines is 3. The van der Waals surface area contributed by atoms with Gasteiger partial charge in [0.2, 0.25) is 0 Å². The van der Waals surface area contributed by atoms with Crippen LogP contribution < -0.4 is 19.9 Å². The molecule has 0 spiro atoms. The van der Waals surface area contributed by atoms with Gasteiger partial charge in [-0.25, -0.2) is 0 Å². The van der Waals surface area contributed by atoms with E-state index < -0.39 is 6.10 Å². The average Bonchev–Trinajstić information content (AvgIpc) is 2.73. The van der Waals surface area contributed by atoms with Crippen LogP contribution in [0.4, 0.5) is 17.1 Å². The van der Waals surface area contributed by atoms with Crippen molar-refractivity contribution in [2.45, 2.75) is 13.0 Å². The summed E-state index contributed by atoms with van der Waals surface area (Å²) in [6.45, 7) is 5.79. The number of ether oxygens (including phenoxy) is 1. The summed E-state index contributed by atoms with van der Waals surface area (Å²) in [5.74, 6) is 0.337. The zero-order valence-corrected chi connectivity index (χ0v) is 17.0. The quantitative estimate of drug-likeness (QED) is 0.866. The van der Waals surface area contributed by atoms with Gasteiger partial charge in [-0.05, 0) is 56.4 Å². The van der Waals surface area contributed by atoms with Gasteiger partial charge in [0.15, 0.2) is 6.10 Å². The summed E-state index contributed by atoms with van der Waals surface area (Å²) < 4.78 is 5.62. The van der Waals surface area contributed by atoms with E-state index in [4.69, 9.17) is 4.74 Å². The molecular weight excluding hydrogens is 368 g/mol. The van der Waals surface area contributed by atoms with Gasteiger partial charge in [-0.15, -0.1) is 0 Å². The van der Waals surface area contributed by atoms with Crippen LogP contribution in [0.2, 0.25) is 0 Å². The molecule has 7 nitrogen and oxygen atoms in total. The highest BCUT2D eigenvalue weighted by Crippen LogP contribution is 2.35. The Morgan fingerprint density at radius 3 is 2.41 bits per heavy atom. The Hall–Kier alpha value is -3.06. The van der Waals surface area contributed by atoms with Gasteiger partial charge < -0.3 is 24.8 Å². The first-order valence-electron chi connectivity index (χ1n) is 9.85. The average molecular weight is 394 g/mol. The maximum atomic E-state index is 12.7. The van der Waals surface area contributed by atoms with E-state index in [1.807, 2.05) is 24.3 Å². The molecule has 2 aliphatic heterocycles. The summed E-state index contributed by atoms with van der Waals surface area (Å²) in [5.41, 5.74) is 3.00. The topological polar surface area (TPSA) is 65.1 Å². The first kappa shape index (κ1) is 19.3. The van der Waals surface area contributed by atoms with Crippen LogP contribution in [-0.4, -0.2) is 63.1 Å². The number of nitrogens with one attached hydrogen (secondary N) is 1. The lowest BCUT2D eigenvalue weighted by atomic mass is 10.1. The number of piperazine rings is 1. The van der Waals surface area contributed by atoms with Crippen LogP contribution in [0.3, 0.4) is 0 Å². The second kappa shape index (κ2) is 7.75. The molecule has 29 heavy (non-hydrogen) atoms. The molecule has 7 heteroatoms. The zero-order chi connectivity index (χ0) is 20.5. The summed E-state index contributed by atoms with van der Waals surface area (Å²) >= 11 is 0. The van der Waals surface area contributed by atoms with E-state index in [1.54, 1.807) is 37.1 Å². The molecule has 152 valence electrons. The van der Waals surface area contributed by atoms with E-state index in [0.717, 1.165) is 31.9 Å². The highest BCUT2D eigenvalue weighted by molar-refractivity contribution is 6.05. The van der Waals surface area contributed by atoms with E-state index in [0.29, 0.717) is 22.7 Å². The number of nitrogens with zero attached hydrogens (tertiary/aromatic N) is 3. The largest absolute Gasteiger partial charge is 0.479 e. The summed E-state index contributed by atoms with van der Waals surface area (Å²) in [7, 11) is 3.84. The normalized spacial score (nSPS) is 19.6. The Morgan fingerprint density at radius 1 is 1.03 bits per heavy atom. The molecule has 1 atom stereocenters. The van der Waals surface area contributed by atoms with Crippen molar-refractivity contribution in [3.63, 3.8) is 0 Å². The van der Waals surface area contributed by atoms with Crippen LogP contribution in [0.25, 0.3) is 0 Å². The minimum absolute atomic E-state index is 0.111. The molecule has 2 aliphatic rings. The van der Waals surface area contributed by atoms with Crippen molar-refractivity contribution < 1.29 is 14.3 Å². The summed E-state index contributed by atoms with van der Waals surface area (Å²) in [4.78, 5) is 31.0. The smallest absolute Gasteiger partial charge is 0.267 e. The Kier molecular flexibility index (Phi) is 5.15. The molecule has 0 bridgehead atoms. The number of likely N-dealkylation sites (N-methyl/N-ethyl adjacent to an activating group) is 2. The third kappa shape index (κ3) is 3.91. The SMILES string of the molecule is CC1Oc2ccc(NC(=O)c3ccc(N4CCN(C)CC4)cc3)cc2N(C)C1=O. The van der Waals surface area contributed by atoms with Gasteiger partial charge in [-0.2, -0.15) is 0 Å². The van der Waals surface area contributed by atoms with Crippen molar-refractivity contribution >= 4 is 28.9 Å². The van der Waals surface area contributed by atoms with E-state index in [2.05, 4.69) is 22.2 Å². The highest BCUT2D eigenvalue weighted by Gasteiger charge is 2.29. The molecule has 0 aliphatic carbocycles. The third-order valence-corrected chi connectivity index (χ3v) is 5.56. The van der Waals surface area contributed by atoms with Crippen molar-refractivity contribution in [3.05, 3.63) is 48.0 Å². The monoisotopic (exact) mass is 394 g/mol. The van der Waals surface area contributed by atoms with Crippen molar-refractivity contribution in [2.24, 2.45) is 0 Å². The maximum Gasteiger partial charge on any atom is 0.267 e. The van der Waals surface area contributed by atoms with Gasteiger partial charge in [0.1, 0.15) is 5.75 Å². The number of hydrogen-bond donors (Lipinski definition) is 1. The summed E-state index contributed by atoms with van der Waals surface area (Å²) in [5, 5.41) is 2.91. The number of rotatable bonds is 3. The summed E-state index contributed by atoms with van der Waals surface area (Å²) in [6.07, 6.45) is -0.508. The van der Waals surface area contributed by atoms with E-state index in [1.165, 1.54) is 0 Å². The molecule has 1 fully saturated rings. The molecule has 2 aromatic carbocycles. The molecule has 0 aromatic heterocycles. The predicted octanol–water partition coefficient (Wildman–Crippen LogP) is 2.43. The molecule has 1 N–H and O–H groups in total. The number of hydrogen-bond acceptors (Lipinski definition) is 5. The van der Waals surface area contributed by atoms with Gasteiger partial charge in [-0.1, -0.05) is 0 Å². The third-order valence-electron chi connectivity index (χ3n) is 5.56. The lowest BCUT2D eigenvalue weighted by Gasteiger charge is -2.34. The number of carbonyl (C=O) groups is 2. The Labute approximate surface area is 170 Å². The fraction of sp³-hybridized carbons (Fsp3) is 0.364. The van der Waals surface area contributed by atoms with Gasteiger partial charge >= 0.3 is 0 Å². The lowest BCUT2D eigenvalue weighted by molar-refractivity contribution is -0.125. The second-order valence-corrected chi connectivity index (χ2v) is 7.63. The fourth-order valence-electron chi connectivity index (χ4n) is 3.68. The van der Waals surface area contributed by atoms with Crippen LogP contribution in [0.1, 0.15) is 17.3 Å². The second-order valence-electron chi connectivity index (χ2n) is 7.63. The molecule has 0 saturated carbocycles. The molecule has 1 unspecified atom stereocenters. The van der Waals surface area contributed by atoms with Crippen LogP contribution in [-0.2, 0) is 4.79 Å². The first-order valence-corrected chi connectivity index (χ1v) is 9.85. The molecule has 2 heterocycles. The van der Waals surface area contributed by atoms with Gasteiger partial charge in [0.05, 0.1) is 5.69 Å². The van der Waals surface area contributed by atoms with Gasteiger partial charge in [0, 0.05) is 50.2 Å². The van der Waals surface area contributed by atoms with Crippen molar-refractivity contribution in [1.29, 1.82) is 0 Å². The van der Waals surface area contributed by atoms with Crippen molar-refractivity contribution in [1.82, 2.24) is 4.90 Å². The highest BCUT2D eigenvalue weighted by atomic mass is 16.5. The Morgan fingerprint density at radius 2 is 1.72 bits per heavy atom. The number of amides is 2. The molecular formula is C22H26N4O3. The Bertz CT molecular complexity index is 920. The molecule has 2 aromatic rings. The maximum absolute atomic E-state index is 12.7. The molecule has 2 amide bonds. The molecule has 1 saturated heterocycles. The van der Waals surface area contributed by atoms with E-state index in [9.17, 15) is 9.59 Å². The predicted molar refractivity (Wildman–Crippen MR) is 114 cm³/mol. The number of fused-ring (bicyclic) bond motifs is 1. The van der Waals surface area contributed by atoms with Crippen LogP contribution >= 0.6 is 0 Å². The standard InChI is InChI=1S/C22H26N4O3/c1-15-22(28)25(3)19-14-17(6-9-20(19)29-15)23-21(27)16-4-7-18(8-5-16)26-12-10-24(2)11-13-26/h4-9,14-15H,10-13H2,1-3H3,(H,23,27). The Balaban J connectivity index is 1.45. The summed E-state index contributed by atoms with van der Waals surface area (Å²) in [6, 6.07) is 13.0. The number of benzene rings is 2. The van der Waals surface area contributed by atoms with Crippen molar-refractivity contribution in [3.8, 4) is 5.75 Å². The fourth-order valence-corrected chi connectivity index (χ4v) is 3.68. The number of carbonyl (C=O) groups excluding carboxylic acids is 2. The van der Waals surface area contributed by atoms with Crippen LogP contribution in [0.15, 0.2) is 42.5 Å². The first-order chi connectivity index (χ1) is 13.9. The van der Waals surface area contributed by atoms with Gasteiger partial charge in [-0.3, -0.25) is 9.59 Å². The van der Waals surface area contributed by atoms with E-state index in [-0.39, 0.29) is 11.8 Å². The zero-order valence-electron chi connectivity index (χ0n) is 17.0. The van der Waals surface area contributed by atoms with Crippen molar-refractivity contribution in [2.75, 3.05) is 55.4 Å². The van der Waals surface area contributed by atoms with Crippen LogP contribution in [0, 0.1) is 0 Å². The van der Waals surface area contributed by atoms with Gasteiger partial charge in [0.25, 0.3) is 11.8 Å². The lowest BCUT2D eigenvalue weighted by Crippen LogP contribution is -2.44.